The van der Waals surface area contributed by atoms with Crippen molar-refractivity contribution in [2.45, 2.75) is 17.4 Å². The van der Waals surface area contributed by atoms with Gasteiger partial charge in [0.2, 0.25) is 10.0 Å². The maximum atomic E-state index is 12.6. The second-order valence-electron chi connectivity index (χ2n) is 6.11. The molecule has 132 valence electrons. The molecule has 2 N–H and O–H groups in total. The van der Waals surface area contributed by atoms with Crippen molar-refractivity contribution in [3.8, 4) is 11.5 Å². The SMILES string of the molecule is O=S(=O)(NCC1NCCc2ccccc21)c1ccc2c(c1)OCCO2. The molecule has 0 saturated heterocycles. The van der Waals surface area contributed by atoms with Gasteiger partial charge in [-0.25, -0.2) is 13.1 Å². The van der Waals surface area contributed by atoms with E-state index in [4.69, 9.17) is 9.47 Å². The van der Waals surface area contributed by atoms with Gasteiger partial charge < -0.3 is 14.8 Å². The predicted octanol–water partition coefficient (Wildman–Crippen LogP) is 1.62. The van der Waals surface area contributed by atoms with Gasteiger partial charge in [-0.15, -0.1) is 0 Å². The van der Waals surface area contributed by atoms with Gasteiger partial charge in [0.25, 0.3) is 0 Å². The maximum Gasteiger partial charge on any atom is 0.240 e. The Bertz CT molecular complexity index is 882. The molecule has 2 aliphatic rings. The second-order valence-corrected chi connectivity index (χ2v) is 7.88. The zero-order valence-corrected chi connectivity index (χ0v) is 14.5. The van der Waals surface area contributed by atoms with Crippen LogP contribution >= 0.6 is 0 Å². The summed E-state index contributed by atoms with van der Waals surface area (Å²) in [5.41, 5.74) is 2.42. The number of hydrogen-bond acceptors (Lipinski definition) is 5. The fraction of sp³-hybridized carbons (Fsp3) is 0.333. The largest absolute Gasteiger partial charge is 0.486 e. The second kappa shape index (κ2) is 6.67. The molecule has 25 heavy (non-hydrogen) atoms. The van der Waals surface area contributed by atoms with Crippen LogP contribution in [0.5, 0.6) is 11.5 Å². The highest BCUT2D eigenvalue weighted by atomic mass is 32.2. The lowest BCUT2D eigenvalue weighted by Gasteiger charge is -2.27. The Hall–Kier alpha value is -2.09. The Morgan fingerprint density at radius 1 is 1.08 bits per heavy atom. The normalized spacial score (nSPS) is 19.3. The molecule has 2 aromatic rings. The van der Waals surface area contributed by atoms with Gasteiger partial charge in [-0.2, -0.15) is 0 Å². The highest BCUT2D eigenvalue weighted by molar-refractivity contribution is 7.89. The van der Waals surface area contributed by atoms with Crippen molar-refractivity contribution in [2.75, 3.05) is 26.3 Å². The minimum absolute atomic E-state index is 0.0306. The van der Waals surface area contributed by atoms with Crippen molar-refractivity contribution < 1.29 is 17.9 Å². The van der Waals surface area contributed by atoms with E-state index < -0.39 is 10.0 Å². The molecule has 1 unspecified atom stereocenters. The number of hydrogen-bond donors (Lipinski definition) is 2. The van der Waals surface area contributed by atoms with E-state index in [-0.39, 0.29) is 10.9 Å². The lowest BCUT2D eigenvalue weighted by molar-refractivity contribution is 0.171. The molecule has 2 heterocycles. The van der Waals surface area contributed by atoms with Gasteiger partial charge in [0, 0.05) is 18.7 Å². The monoisotopic (exact) mass is 360 g/mol. The zero-order valence-electron chi connectivity index (χ0n) is 13.7. The molecule has 0 bridgehead atoms. The molecule has 2 aromatic carbocycles. The quantitative estimate of drug-likeness (QED) is 0.867. The summed E-state index contributed by atoms with van der Waals surface area (Å²) in [4.78, 5) is 0.181. The van der Waals surface area contributed by atoms with E-state index in [2.05, 4.69) is 16.1 Å². The predicted molar refractivity (Wildman–Crippen MR) is 93.5 cm³/mol. The lowest BCUT2D eigenvalue weighted by atomic mass is 9.95. The topological polar surface area (TPSA) is 76.7 Å². The van der Waals surface area contributed by atoms with Crippen molar-refractivity contribution in [1.82, 2.24) is 10.0 Å². The highest BCUT2D eigenvalue weighted by Gasteiger charge is 2.23. The van der Waals surface area contributed by atoms with Gasteiger partial charge >= 0.3 is 0 Å². The Morgan fingerprint density at radius 2 is 1.88 bits per heavy atom. The molecule has 0 amide bonds. The summed E-state index contributed by atoms with van der Waals surface area (Å²) in [5, 5.41) is 3.38. The van der Waals surface area contributed by atoms with Crippen molar-refractivity contribution in [1.29, 1.82) is 0 Å². The molecule has 1 atom stereocenters. The van der Waals surface area contributed by atoms with Crippen molar-refractivity contribution in [3.63, 3.8) is 0 Å². The van der Waals surface area contributed by atoms with E-state index >= 15 is 0 Å². The van der Waals surface area contributed by atoms with E-state index in [1.807, 2.05) is 18.2 Å². The molecule has 0 spiro atoms. The molecule has 2 aliphatic heterocycles. The average Bonchev–Trinajstić information content (AvgIpc) is 2.66. The molecule has 0 aliphatic carbocycles. The van der Waals surface area contributed by atoms with Crippen LogP contribution in [0.1, 0.15) is 17.2 Å². The summed E-state index contributed by atoms with van der Waals surface area (Å²) in [6.45, 7) is 2.04. The summed E-state index contributed by atoms with van der Waals surface area (Å²) < 4.78 is 38.9. The summed E-state index contributed by atoms with van der Waals surface area (Å²) >= 11 is 0. The third-order valence-electron chi connectivity index (χ3n) is 4.52. The summed E-state index contributed by atoms with van der Waals surface area (Å²) in [7, 11) is -3.62. The van der Waals surface area contributed by atoms with Crippen LogP contribution in [0.2, 0.25) is 0 Å². The van der Waals surface area contributed by atoms with Crippen LogP contribution in [0, 0.1) is 0 Å². The fourth-order valence-electron chi connectivity index (χ4n) is 3.24. The molecular formula is C18H20N2O4S. The van der Waals surface area contributed by atoms with Crippen LogP contribution in [0.4, 0.5) is 0 Å². The average molecular weight is 360 g/mol. The molecule has 0 aromatic heterocycles. The minimum Gasteiger partial charge on any atom is -0.486 e. The molecule has 7 heteroatoms. The van der Waals surface area contributed by atoms with Gasteiger partial charge in [0.1, 0.15) is 13.2 Å². The summed E-state index contributed by atoms with van der Waals surface area (Å²) in [5.74, 6) is 1.04. The first-order chi connectivity index (χ1) is 12.1. The molecule has 0 radical (unpaired) electrons. The number of benzene rings is 2. The third-order valence-corrected chi connectivity index (χ3v) is 5.94. The van der Waals surface area contributed by atoms with Crippen LogP contribution in [0.15, 0.2) is 47.4 Å². The van der Waals surface area contributed by atoms with Crippen LogP contribution in [0.3, 0.4) is 0 Å². The first kappa shape index (κ1) is 16.4. The van der Waals surface area contributed by atoms with Gasteiger partial charge in [0.15, 0.2) is 11.5 Å². The molecule has 4 rings (SSSR count). The Kier molecular flexibility index (Phi) is 4.37. The number of ether oxygens (including phenoxy) is 2. The number of nitrogens with one attached hydrogen (secondary N) is 2. The summed E-state index contributed by atoms with van der Waals surface area (Å²) in [6.07, 6.45) is 0.960. The molecule has 0 fully saturated rings. The Labute approximate surface area is 147 Å². The first-order valence-electron chi connectivity index (χ1n) is 8.34. The molecule has 0 saturated carbocycles. The Morgan fingerprint density at radius 3 is 2.76 bits per heavy atom. The lowest BCUT2D eigenvalue weighted by Crippen LogP contribution is -2.38. The zero-order chi connectivity index (χ0) is 17.3. The highest BCUT2D eigenvalue weighted by Crippen LogP contribution is 2.32. The third kappa shape index (κ3) is 3.35. The summed E-state index contributed by atoms with van der Waals surface area (Å²) in [6, 6.07) is 12.8. The van der Waals surface area contributed by atoms with E-state index in [9.17, 15) is 8.42 Å². The van der Waals surface area contributed by atoms with Gasteiger partial charge in [0.05, 0.1) is 4.90 Å². The van der Waals surface area contributed by atoms with E-state index in [0.717, 1.165) is 18.5 Å². The van der Waals surface area contributed by atoms with E-state index in [0.29, 0.717) is 31.3 Å². The van der Waals surface area contributed by atoms with Crippen molar-refractivity contribution in [2.24, 2.45) is 0 Å². The van der Waals surface area contributed by atoms with Gasteiger partial charge in [-0.1, -0.05) is 24.3 Å². The van der Waals surface area contributed by atoms with Crippen LogP contribution < -0.4 is 19.5 Å². The maximum absolute atomic E-state index is 12.6. The van der Waals surface area contributed by atoms with Crippen LogP contribution in [-0.4, -0.2) is 34.7 Å². The van der Waals surface area contributed by atoms with Crippen molar-refractivity contribution >= 4 is 10.0 Å². The Balaban J connectivity index is 1.51. The minimum atomic E-state index is -3.62. The molecule has 6 nitrogen and oxygen atoms in total. The number of rotatable bonds is 4. The standard InChI is InChI=1S/C18H20N2O4S/c21-25(22,14-5-6-17-18(11-14)24-10-9-23-17)20-12-16-15-4-2-1-3-13(15)7-8-19-16/h1-6,11,16,19-20H,7-10,12H2. The van der Waals surface area contributed by atoms with Crippen molar-refractivity contribution in [3.05, 3.63) is 53.6 Å². The van der Waals surface area contributed by atoms with Gasteiger partial charge in [-0.3, -0.25) is 0 Å². The number of fused-ring (bicyclic) bond motifs is 2. The van der Waals surface area contributed by atoms with Crippen LogP contribution in [-0.2, 0) is 16.4 Å². The van der Waals surface area contributed by atoms with Gasteiger partial charge in [-0.05, 0) is 36.2 Å². The first-order valence-corrected chi connectivity index (χ1v) is 9.82. The fourth-order valence-corrected chi connectivity index (χ4v) is 4.30. The van der Waals surface area contributed by atoms with Crippen LogP contribution in [0.25, 0.3) is 0 Å². The van der Waals surface area contributed by atoms with E-state index in [1.54, 1.807) is 6.07 Å². The van der Waals surface area contributed by atoms with E-state index in [1.165, 1.54) is 17.7 Å². The molecular weight excluding hydrogens is 340 g/mol. The number of sulfonamides is 1. The smallest absolute Gasteiger partial charge is 0.240 e.